The fourth-order valence-electron chi connectivity index (χ4n) is 3.27. The van der Waals surface area contributed by atoms with Gasteiger partial charge in [0.15, 0.2) is 24.8 Å². The van der Waals surface area contributed by atoms with Crippen molar-refractivity contribution in [3.63, 3.8) is 0 Å². The van der Waals surface area contributed by atoms with Crippen LogP contribution >= 0.6 is 31.9 Å². The zero-order valence-corrected chi connectivity index (χ0v) is 20.5. The molecule has 2 aromatic carbocycles. The van der Waals surface area contributed by atoms with E-state index in [1.807, 2.05) is 0 Å². The molecule has 0 aromatic heterocycles. The van der Waals surface area contributed by atoms with Gasteiger partial charge in [-0.3, -0.25) is 19.2 Å². The second-order valence-corrected chi connectivity index (χ2v) is 9.23. The van der Waals surface area contributed by atoms with Crippen LogP contribution in [0.2, 0.25) is 0 Å². The zero-order valence-electron chi connectivity index (χ0n) is 17.3. The van der Waals surface area contributed by atoms with E-state index in [1.165, 1.54) is 12.2 Å². The molecular formula is C24H20Br2O7. The van der Waals surface area contributed by atoms with Gasteiger partial charge in [0.2, 0.25) is 0 Å². The van der Waals surface area contributed by atoms with E-state index in [1.54, 1.807) is 48.5 Å². The number of rotatable bonds is 8. The summed E-state index contributed by atoms with van der Waals surface area (Å²) in [4.78, 5) is 49.8. The lowest BCUT2D eigenvalue weighted by Crippen LogP contribution is -2.37. The van der Waals surface area contributed by atoms with Crippen LogP contribution in [0.3, 0.4) is 0 Å². The first-order valence-corrected chi connectivity index (χ1v) is 11.6. The van der Waals surface area contributed by atoms with Crippen LogP contribution in [0.1, 0.15) is 27.1 Å². The number of esters is 2. The normalized spacial score (nSPS) is 19.5. The first kappa shape index (κ1) is 25.0. The Morgan fingerprint density at radius 1 is 0.758 bits per heavy atom. The van der Waals surface area contributed by atoms with Gasteiger partial charge in [-0.25, -0.2) is 0 Å². The fraction of sp³-hybridized carbons (Fsp3) is 0.250. The molecule has 0 bridgehead atoms. The number of ketones is 2. The number of Topliss-reactive ketones (excluding diaryl/α,β-unsaturated/α-hetero) is 2. The minimum atomic E-state index is -1.04. The molecule has 0 amide bonds. The molecule has 0 saturated heterocycles. The van der Waals surface area contributed by atoms with Gasteiger partial charge in [-0.05, 0) is 30.7 Å². The second kappa shape index (κ2) is 11.5. The van der Waals surface area contributed by atoms with Crippen LogP contribution < -0.4 is 0 Å². The summed E-state index contributed by atoms with van der Waals surface area (Å²) in [5.41, 5.74) is 0.750. The van der Waals surface area contributed by atoms with Crippen molar-refractivity contribution in [1.29, 1.82) is 0 Å². The van der Waals surface area contributed by atoms with Crippen LogP contribution in [0.15, 0.2) is 69.6 Å². The molecule has 172 valence electrons. The molecule has 0 radical (unpaired) electrons. The number of aliphatic hydroxyl groups excluding tert-OH is 1. The minimum absolute atomic E-state index is 0.0672. The molecule has 1 aliphatic rings. The van der Waals surface area contributed by atoms with Gasteiger partial charge in [0.05, 0.1) is 17.9 Å². The molecule has 33 heavy (non-hydrogen) atoms. The molecule has 0 aliphatic heterocycles. The molecule has 0 heterocycles. The van der Waals surface area contributed by atoms with Gasteiger partial charge in [0.1, 0.15) is 0 Å². The number of halogens is 2. The van der Waals surface area contributed by atoms with Gasteiger partial charge in [0.25, 0.3) is 0 Å². The molecule has 1 aliphatic carbocycles. The summed E-state index contributed by atoms with van der Waals surface area (Å²) < 4.78 is 11.9. The zero-order chi connectivity index (χ0) is 24.0. The second-order valence-electron chi connectivity index (χ2n) is 7.40. The molecule has 0 spiro atoms. The first-order chi connectivity index (χ1) is 15.7. The van der Waals surface area contributed by atoms with E-state index in [0.717, 1.165) is 8.95 Å². The van der Waals surface area contributed by atoms with Gasteiger partial charge >= 0.3 is 11.9 Å². The summed E-state index contributed by atoms with van der Waals surface area (Å²) in [7, 11) is 0. The molecule has 1 N–H and O–H groups in total. The van der Waals surface area contributed by atoms with Gasteiger partial charge < -0.3 is 14.6 Å². The highest BCUT2D eigenvalue weighted by molar-refractivity contribution is 9.10. The molecule has 2 aromatic rings. The highest BCUT2D eigenvalue weighted by Gasteiger charge is 2.38. The van der Waals surface area contributed by atoms with Gasteiger partial charge in [-0.2, -0.15) is 0 Å². The highest BCUT2D eigenvalue weighted by atomic mass is 79.9. The van der Waals surface area contributed by atoms with Crippen LogP contribution in [0.25, 0.3) is 0 Å². The SMILES string of the molecule is O=C(COC(=O)C1C=CC(O)CC1C(=O)OCC(=O)c1ccc(Br)cc1)c1ccc(Br)cc1. The molecular weight excluding hydrogens is 560 g/mol. The van der Waals surface area contributed by atoms with Crippen molar-refractivity contribution in [3.05, 3.63) is 80.8 Å². The lowest BCUT2D eigenvalue weighted by atomic mass is 9.82. The lowest BCUT2D eigenvalue weighted by molar-refractivity contribution is -0.159. The van der Waals surface area contributed by atoms with E-state index < -0.39 is 54.7 Å². The Labute approximate surface area is 207 Å². The van der Waals surface area contributed by atoms with Crippen molar-refractivity contribution in [2.24, 2.45) is 11.8 Å². The largest absolute Gasteiger partial charge is 0.457 e. The van der Waals surface area contributed by atoms with E-state index >= 15 is 0 Å². The average molecular weight is 580 g/mol. The lowest BCUT2D eigenvalue weighted by Gasteiger charge is -2.26. The summed E-state index contributed by atoms with van der Waals surface area (Å²) in [5.74, 6) is -4.47. The van der Waals surface area contributed by atoms with Crippen molar-refractivity contribution >= 4 is 55.4 Å². The van der Waals surface area contributed by atoms with E-state index in [-0.39, 0.29) is 6.42 Å². The smallest absolute Gasteiger partial charge is 0.314 e. The number of ether oxygens (including phenoxy) is 2. The van der Waals surface area contributed by atoms with Crippen LogP contribution in [0, 0.1) is 11.8 Å². The first-order valence-electron chi connectivity index (χ1n) is 10.0. The van der Waals surface area contributed by atoms with Gasteiger partial charge in [-0.1, -0.05) is 68.3 Å². The highest BCUT2D eigenvalue weighted by Crippen LogP contribution is 2.28. The molecule has 3 unspecified atom stereocenters. The molecule has 7 nitrogen and oxygen atoms in total. The topological polar surface area (TPSA) is 107 Å². The number of hydrogen-bond donors (Lipinski definition) is 1. The van der Waals surface area contributed by atoms with Gasteiger partial charge in [-0.15, -0.1) is 0 Å². The van der Waals surface area contributed by atoms with Crippen molar-refractivity contribution < 1.29 is 33.8 Å². The predicted molar refractivity (Wildman–Crippen MR) is 126 cm³/mol. The van der Waals surface area contributed by atoms with Crippen LogP contribution in [0.5, 0.6) is 0 Å². The summed E-state index contributed by atoms with van der Waals surface area (Å²) in [5, 5.41) is 9.92. The quantitative estimate of drug-likeness (QED) is 0.287. The van der Waals surface area contributed by atoms with E-state index in [0.29, 0.717) is 11.1 Å². The number of hydrogen-bond acceptors (Lipinski definition) is 7. The predicted octanol–water partition coefficient (Wildman–Crippen LogP) is 3.92. The monoisotopic (exact) mass is 578 g/mol. The molecule has 0 saturated carbocycles. The summed E-state index contributed by atoms with van der Waals surface area (Å²) >= 11 is 6.56. The Morgan fingerprint density at radius 2 is 1.21 bits per heavy atom. The Kier molecular flexibility index (Phi) is 8.71. The van der Waals surface area contributed by atoms with E-state index in [2.05, 4.69) is 31.9 Å². The molecule has 0 fully saturated rings. The Balaban J connectivity index is 1.59. The fourth-order valence-corrected chi connectivity index (χ4v) is 3.80. The Morgan fingerprint density at radius 3 is 1.70 bits per heavy atom. The van der Waals surface area contributed by atoms with Crippen LogP contribution in [-0.4, -0.2) is 47.9 Å². The minimum Gasteiger partial charge on any atom is -0.457 e. The number of carbonyl (C=O) groups excluding carboxylic acids is 4. The third-order valence-corrected chi connectivity index (χ3v) is 6.13. The Bertz CT molecular complexity index is 1060. The summed E-state index contributed by atoms with van der Waals surface area (Å²) in [6.45, 7) is -0.988. The summed E-state index contributed by atoms with van der Waals surface area (Å²) in [6, 6.07) is 13.2. The maximum atomic E-state index is 12.6. The standard InChI is InChI=1S/C24H20Br2O7/c25-16-5-1-14(2-6-16)21(28)12-32-23(30)19-10-9-18(27)11-20(19)24(31)33-13-22(29)15-3-7-17(26)8-4-15/h1-10,18-20,27H,11-13H2. The van der Waals surface area contributed by atoms with Crippen molar-refractivity contribution in [3.8, 4) is 0 Å². The van der Waals surface area contributed by atoms with E-state index in [9.17, 15) is 24.3 Å². The number of benzene rings is 2. The van der Waals surface area contributed by atoms with Crippen LogP contribution in [0.4, 0.5) is 0 Å². The number of aliphatic hydroxyl groups is 1. The Hall–Kier alpha value is -2.62. The van der Waals surface area contributed by atoms with Gasteiger partial charge in [0, 0.05) is 20.1 Å². The van der Waals surface area contributed by atoms with Crippen LogP contribution in [-0.2, 0) is 19.1 Å². The third-order valence-electron chi connectivity index (χ3n) is 5.07. The maximum absolute atomic E-state index is 12.6. The third kappa shape index (κ3) is 6.93. The average Bonchev–Trinajstić information content (AvgIpc) is 2.81. The van der Waals surface area contributed by atoms with Crippen molar-refractivity contribution in [2.45, 2.75) is 12.5 Å². The number of carbonyl (C=O) groups is 4. The molecule has 3 atom stereocenters. The molecule has 9 heteroatoms. The van der Waals surface area contributed by atoms with Crippen molar-refractivity contribution in [2.75, 3.05) is 13.2 Å². The molecule has 3 rings (SSSR count). The maximum Gasteiger partial charge on any atom is 0.314 e. The summed E-state index contributed by atoms with van der Waals surface area (Å²) in [6.07, 6.45) is 1.74. The van der Waals surface area contributed by atoms with E-state index in [4.69, 9.17) is 9.47 Å². The van der Waals surface area contributed by atoms with Crippen molar-refractivity contribution in [1.82, 2.24) is 0 Å².